The summed E-state index contributed by atoms with van der Waals surface area (Å²) < 4.78 is 11.9. The van der Waals surface area contributed by atoms with E-state index >= 15 is 0 Å². The Morgan fingerprint density at radius 2 is 0.640 bits per heavy atom. The number of nitrogens with one attached hydrogen (secondary N) is 1. The zero-order chi connectivity index (χ0) is 52.1. The van der Waals surface area contributed by atoms with Crippen LogP contribution in [0.25, 0.3) is 12.2 Å². The third kappa shape index (κ3) is 18.7. The number of unbranched alkanes of at least 4 members (excludes halogenated alkanes) is 12. The summed E-state index contributed by atoms with van der Waals surface area (Å²) in [6.45, 7) is 15.1. The molecular formula is C68H85N5O2. The molecule has 1 heterocycles. The quantitative estimate of drug-likeness (QED) is 0.0395. The van der Waals surface area contributed by atoms with Gasteiger partial charge in [0.2, 0.25) is 11.9 Å². The predicted molar refractivity (Wildman–Crippen MR) is 318 cm³/mol. The Bertz CT molecular complexity index is 2470. The Morgan fingerprint density at radius 3 is 0.933 bits per heavy atom. The lowest BCUT2D eigenvalue weighted by atomic mass is 10.0. The Kier molecular flexibility index (Phi) is 24.0. The van der Waals surface area contributed by atoms with Crippen molar-refractivity contribution in [1.82, 2.24) is 15.2 Å². The van der Waals surface area contributed by atoms with Crippen LogP contribution in [0.1, 0.15) is 161 Å². The summed E-state index contributed by atoms with van der Waals surface area (Å²) in [7, 11) is 0. The lowest BCUT2D eigenvalue weighted by molar-refractivity contribution is 0.116. The molecule has 394 valence electrons. The van der Waals surface area contributed by atoms with Crippen LogP contribution >= 0.6 is 0 Å². The van der Waals surface area contributed by atoms with Gasteiger partial charge in [-0.3, -0.25) is 14.8 Å². The van der Waals surface area contributed by atoms with Crippen molar-refractivity contribution in [3.8, 4) is 0 Å². The first-order valence-corrected chi connectivity index (χ1v) is 28.5. The largest absolute Gasteiger partial charge is 0.377 e. The van der Waals surface area contributed by atoms with Crippen molar-refractivity contribution in [2.24, 2.45) is 0 Å². The maximum absolute atomic E-state index is 5.97. The van der Waals surface area contributed by atoms with Gasteiger partial charge in [0.25, 0.3) is 0 Å². The SMILES string of the molecule is C=Cc1ccc(COCCCCCCc2ccc(N(c3ccc(CCCCCC)cc3)c3nnc(N(c4ccc(CCCCCC)cc4)c4ccc(CCCCCCOCc5ccc(C=C)cc5)cc4)[nH]3)cc2)cc1. The minimum atomic E-state index is 0.659. The van der Waals surface area contributed by atoms with Crippen molar-refractivity contribution in [1.29, 1.82) is 0 Å². The summed E-state index contributed by atoms with van der Waals surface area (Å²) in [6, 6.07) is 53.0. The van der Waals surface area contributed by atoms with Gasteiger partial charge < -0.3 is 9.47 Å². The molecule has 0 saturated carbocycles. The predicted octanol–water partition coefficient (Wildman–Crippen LogP) is 18.9. The van der Waals surface area contributed by atoms with Crippen molar-refractivity contribution in [3.05, 3.63) is 203 Å². The van der Waals surface area contributed by atoms with Gasteiger partial charge in [-0.2, -0.15) is 0 Å². The maximum atomic E-state index is 5.97. The molecule has 0 atom stereocenters. The molecule has 0 bridgehead atoms. The standard InChI is InChI=1S/C68H85N5O2/c1-5-9-11-17-23-57-35-43-63(44-36-57)72(65-47-39-59(40-48-65)25-19-13-15-21-51-74-53-61-31-27-55(7-3)28-32-61)67-69-68(71-70-67)73(64-45-37-58(38-46-64)24-18-12-10-6-2)66-49-41-60(42-50-66)26-20-14-16-22-52-75-54-62-33-29-56(8-4)30-34-62/h7-8,27-50H,3-6,9-26,51-54H2,1-2H3,(H,69,70,71). The number of aromatic amines is 1. The van der Waals surface area contributed by atoms with Gasteiger partial charge in [0.1, 0.15) is 0 Å². The second-order valence-corrected chi connectivity index (χ2v) is 20.3. The van der Waals surface area contributed by atoms with Crippen molar-refractivity contribution in [2.75, 3.05) is 23.0 Å². The molecule has 7 aromatic rings. The number of hydrogen-bond donors (Lipinski definition) is 1. The van der Waals surface area contributed by atoms with Crippen LogP contribution in [-0.2, 0) is 48.4 Å². The minimum absolute atomic E-state index is 0.659. The molecule has 0 aliphatic heterocycles. The number of rotatable bonds is 36. The average Bonchev–Trinajstić information content (AvgIpc) is 3.93. The fraction of sp³-hybridized carbons (Fsp3) is 0.382. The molecular weight excluding hydrogens is 919 g/mol. The maximum Gasteiger partial charge on any atom is 0.235 e. The van der Waals surface area contributed by atoms with E-state index in [4.69, 9.17) is 19.7 Å². The molecule has 7 heteroatoms. The first kappa shape index (κ1) is 56.2. The molecule has 1 N–H and O–H groups in total. The van der Waals surface area contributed by atoms with E-state index in [-0.39, 0.29) is 0 Å². The number of nitrogens with zero attached hydrogens (tertiary/aromatic N) is 4. The lowest BCUT2D eigenvalue weighted by Crippen LogP contribution is -2.13. The highest BCUT2D eigenvalue weighted by atomic mass is 16.5. The summed E-state index contributed by atoms with van der Waals surface area (Å²) in [5, 5.41) is 9.83. The average molecular weight is 1000 g/mol. The van der Waals surface area contributed by atoms with Gasteiger partial charge in [-0.25, -0.2) is 0 Å². The minimum Gasteiger partial charge on any atom is -0.377 e. The van der Waals surface area contributed by atoms with E-state index in [0.717, 1.165) is 98.5 Å². The van der Waals surface area contributed by atoms with E-state index in [1.54, 1.807) is 0 Å². The van der Waals surface area contributed by atoms with E-state index in [0.29, 0.717) is 25.1 Å². The number of ether oxygens (including phenoxy) is 2. The van der Waals surface area contributed by atoms with E-state index in [1.165, 1.54) is 110 Å². The molecule has 7 rings (SSSR count). The monoisotopic (exact) mass is 1000 g/mol. The Morgan fingerprint density at radius 1 is 0.360 bits per heavy atom. The van der Waals surface area contributed by atoms with Gasteiger partial charge in [0, 0.05) is 36.0 Å². The first-order valence-electron chi connectivity index (χ1n) is 28.5. The van der Waals surface area contributed by atoms with E-state index < -0.39 is 0 Å². The molecule has 0 unspecified atom stereocenters. The molecule has 75 heavy (non-hydrogen) atoms. The normalized spacial score (nSPS) is 11.2. The summed E-state index contributed by atoms with van der Waals surface area (Å²) >= 11 is 0. The van der Waals surface area contributed by atoms with Crippen molar-refractivity contribution >= 4 is 46.8 Å². The molecule has 0 aliphatic carbocycles. The van der Waals surface area contributed by atoms with Crippen LogP contribution < -0.4 is 9.80 Å². The Balaban J connectivity index is 1.01. The third-order valence-corrected chi connectivity index (χ3v) is 14.3. The van der Waals surface area contributed by atoms with Crippen LogP contribution in [0.15, 0.2) is 159 Å². The Labute approximate surface area is 451 Å². The lowest BCUT2D eigenvalue weighted by Gasteiger charge is -2.24. The third-order valence-electron chi connectivity index (χ3n) is 14.3. The van der Waals surface area contributed by atoms with E-state index in [2.05, 4.69) is 187 Å². The number of anilines is 6. The molecule has 0 spiro atoms. The van der Waals surface area contributed by atoms with Gasteiger partial charge in [0.05, 0.1) is 13.2 Å². The molecule has 7 nitrogen and oxygen atoms in total. The fourth-order valence-electron chi connectivity index (χ4n) is 9.65. The van der Waals surface area contributed by atoms with Gasteiger partial charge in [-0.05, 0) is 157 Å². The van der Waals surface area contributed by atoms with Gasteiger partial charge >= 0.3 is 0 Å². The molecule has 0 amide bonds. The molecule has 6 aromatic carbocycles. The zero-order valence-electron chi connectivity index (χ0n) is 45.5. The molecule has 0 saturated heterocycles. The Hall–Kier alpha value is -6.54. The molecule has 0 radical (unpaired) electrons. The van der Waals surface area contributed by atoms with Crippen LogP contribution in [0.4, 0.5) is 34.6 Å². The smallest absolute Gasteiger partial charge is 0.235 e. The number of aryl methyl sites for hydroxylation is 4. The summed E-state index contributed by atoms with van der Waals surface area (Å²) in [6.07, 6.45) is 27.2. The molecule has 0 aliphatic rings. The van der Waals surface area contributed by atoms with E-state index in [1.807, 2.05) is 12.2 Å². The van der Waals surface area contributed by atoms with Crippen LogP contribution in [0.5, 0.6) is 0 Å². The summed E-state index contributed by atoms with van der Waals surface area (Å²) in [5.74, 6) is 1.34. The second-order valence-electron chi connectivity index (χ2n) is 20.3. The molecule has 1 aromatic heterocycles. The van der Waals surface area contributed by atoms with Gasteiger partial charge in [0.15, 0.2) is 0 Å². The van der Waals surface area contributed by atoms with Crippen molar-refractivity contribution < 1.29 is 9.47 Å². The summed E-state index contributed by atoms with van der Waals surface area (Å²) in [4.78, 5) is 8.14. The highest BCUT2D eigenvalue weighted by molar-refractivity contribution is 5.76. The first-order chi connectivity index (χ1) is 37.0. The topological polar surface area (TPSA) is 66.5 Å². The van der Waals surface area contributed by atoms with Gasteiger partial charge in [-0.15, -0.1) is 10.2 Å². The molecule has 0 fully saturated rings. The second kappa shape index (κ2) is 32.0. The van der Waals surface area contributed by atoms with Crippen LogP contribution in [0.3, 0.4) is 0 Å². The van der Waals surface area contributed by atoms with Crippen LogP contribution in [0.2, 0.25) is 0 Å². The number of hydrogen-bond acceptors (Lipinski definition) is 6. The summed E-state index contributed by atoms with van der Waals surface area (Å²) in [5.41, 5.74) is 14.3. The van der Waals surface area contributed by atoms with Crippen molar-refractivity contribution in [3.63, 3.8) is 0 Å². The van der Waals surface area contributed by atoms with Crippen LogP contribution in [-0.4, -0.2) is 28.4 Å². The van der Waals surface area contributed by atoms with Crippen molar-refractivity contribution in [2.45, 2.75) is 155 Å². The highest BCUT2D eigenvalue weighted by Crippen LogP contribution is 2.38. The number of aromatic nitrogens is 3. The highest BCUT2D eigenvalue weighted by Gasteiger charge is 2.22. The van der Waals surface area contributed by atoms with E-state index in [9.17, 15) is 0 Å². The zero-order valence-corrected chi connectivity index (χ0v) is 45.5. The van der Waals surface area contributed by atoms with Gasteiger partial charge in [-0.1, -0.05) is 200 Å². The fourth-order valence-corrected chi connectivity index (χ4v) is 9.65. The van der Waals surface area contributed by atoms with Crippen LogP contribution in [0, 0.1) is 0 Å². The number of benzene rings is 6. The number of H-pyrrole nitrogens is 1.